The minimum Gasteiger partial charge on any atom is -0.494 e. The topological polar surface area (TPSA) is 39.4 Å². The van der Waals surface area contributed by atoms with Gasteiger partial charge in [-0.15, -0.1) is 10.2 Å². The normalized spacial score (nSPS) is 11.9. The van der Waals surface area contributed by atoms with Crippen LogP contribution in [0, 0.1) is 5.82 Å². The number of hydrogen-bond donors (Lipinski definition) is 0. The van der Waals surface area contributed by atoms with Gasteiger partial charge in [0.15, 0.2) is 23.0 Å². The van der Waals surface area contributed by atoms with Crippen LogP contribution in [-0.2, 0) is 6.18 Å². The largest absolute Gasteiger partial charge is 0.494 e. The predicted molar refractivity (Wildman–Crippen MR) is 74.9 cm³/mol. The highest BCUT2D eigenvalue weighted by atomic mass is 35.5. The molecule has 0 radical (unpaired) electrons. The maximum absolute atomic E-state index is 13.8. The summed E-state index contributed by atoms with van der Waals surface area (Å²) in [6.45, 7) is 0. The van der Waals surface area contributed by atoms with Crippen molar-refractivity contribution in [3.05, 3.63) is 46.9 Å². The number of ether oxygens (including phenoxy) is 1. The van der Waals surface area contributed by atoms with Crippen molar-refractivity contribution in [3.63, 3.8) is 0 Å². The molecular weight excluding hydrogens is 338 g/mol. The van der Waals surface area contributed by atoms with Crippen LogP contribution >= 0.6 is 11.6 Å². The fraction of sp³-hybridized carbons (Fsp3) is 0.143. The van der Waals surface area contributed by atoms with Crippen molar-refractivity contribution >= 4 is 17.2 Å². The first-order valence-electron chi connectivity index (χ1n) is 6.26. The van der Waals surface area contributed by atoms with Crippen LogP contribution in [0.25, 0.3) is 17.0 Å². The zero-order valence-electron chi connectivity index (χ0n) is 11.5. The number of halogens is 5. The average Bonchev–Trinajstić information content (AvgIpc) is 2.90. The van der Waals surface area contributed by atoms with Crippen molar-refractivity contribution in [2.45, 2.75) is 6.18 Å². The minimum atomic E-state index is -4.58. The standard InChI is InChI=1S/C14H8ClF4N3O/c1-23-11-3-2-7(4-10(11)16)12-20-21-13-9(15)5-8(6-22(12)13)14(17,18)19/h2-6H,1H3. The van der Waals surface area contributed by atoms with E-state index in [1.807, 2.05) is 0 Å². The summed E-state index contributed by atoms with van der Waals surface area (Å²) in [4.78, 5) is 0. The van der Waals surface area contributed by atoms with E-state index in [4.69, 9.17) is 16.3 Å². The molecule has 120 valence electrons. The van der Waals surface area contributed by atoms with Crippen LogP contribution in [0.5, 0.6) is 5.75 Å². The summed E-state index contributed by atoms with van der Waals surface area (Å²) in [6.07, 6.45) is -3.76. The fourth-order valence-electron chi connectivity index (χ4n) is 2.11. The lowest BCUT2D eigenvalue weighted by atomic mass is 10.2. The van der Waals surface area contributed by atoms with Gasteiger partial charge >= 0.3 is 6.18 Å². The third kappa shape index (κ3) is 2.70. The zero-order chi connectivity index (χ0) is 16.8. The van der Waals surface area contributed by atoms with Crippen molar-refractivity contribution in [1.82, 2.24) is 14.6 Å². The van der Waals surface area contributed by atoms with Gasteiger partial charge in [-0.2, -0.15) is 13.2 Å². The highest BCUT2D eigenvalue weighted by molar-refractivity contribution is 6.33. The van der Waals surface area contributed by atoms with Crippen LogP contribution in [0.1, 0.15) is 5.56 Å². The van der Waals surface area contributed by atoms with Gasteiger partial charge in [-0.1, -0.05) is 11.6 Å². The molecule has 0 spiro atoms. The highest BCUT2D eigenvalue weighted by Gasteiger charge is 2.32. The van der Waals surface area contributed by atoms with E-state index in [9.17, 15) is 17.6 Å². The van der Waals surface area contributed by atoms with Gasteiger partial charge in [-0.05, 0) is 24.3 Å². The molecule has 23 heavy (non-hydrogen) atoms. The summed E-state index contributed by atoms with van der Waals surface area (Å²) in [5.74, 6) is -0.619. The third-order valence-electron chi connectivity index (χ3n) is 3.20. The fourth-order valence-corrected chi connectivity index (χ4v) is 2.36. The molecule has 0 fully saturated rings. The molecule has 2 aromatic heterocycles. The van der Waals surface area contributed by atoms with Gasteiger partial charge in [0.1, 0.15) is 0 Å². The highest BCUT2D eigenvalue weighted by Crippen LogP contribution is 2.33. The summed E-state index contributed by atoms with van der Waals surface area (Å²) in [5.41, 5.74) is -0.665. The second-order valence-electron chi connectivity index (χ2n) is 4.64. The minimum absolute atomic E-state index is 0.0107. The van der Waals surface area contributed by atoms with Crippen molar-refractivity contribution in [3.8, 4) is 17.1 Å². The number of rotatable bonds is 2. The lowest BCUT2D eigenvalue weighted by molar-refractivity contribution is -0.137. The Labute approximate surface area is 132 Å². The second-order valence-corrected chi connectivity index (χ2v) is 5.05. The lowest BCUT2D eigenvalue weighted by Crippen LogP contribution is -2.07. The van der Waals surface area contributed by atoms with Crippen molar-refractivity contribution in [2.75, 3.05) is 7.11 Å². The Bertz CT molecular complexity index is 892. The van der Waals surface area contributed by atoms with Crippen LogP contribution in [0.3, 0.4) is 0 Å². The number of nitrogens with zero attached hydrogens (tertiary/aromatic N) is 3. The molecule has 4 nitrogen and oxygen atoms in total. The predicted octanol–water partition coefficient (Wildman–Crippen LogP) is 4.22. The van der Waals surface area contributed by atoms with Gasteiger partial charge in [0.25, 0.3) is 0 Å². The Morgan fingerprint density at radius 2 is 1.91 bits per heavy atom. The number of pyridine rings is 1. The first-order valence-corrected chi connectivity index (χ1v) is 6.64. The second kappa shape index (κ2) is 5.38. The number of methoxy groups -OCH3 is 1. The Hall–Kier alpha value is -2.35. The van der Waals surface area contributed by atoms with Crippen LogP contribution in [0.15, 0.2) is 30.5 Å². The molecule has 0 saturated carbocycles. The van der Waals surface area contributed by atoms with Crippen molar-refractivity contribution in [2.24, 2.45) is 0 Å². The quantitative estimate of drug-likeness (QED) is 0.653. The molecule has 0 atom stereocenters. The molecule has 0 aliphatic rings. The van der Waals surface area contributed by atoms with Gasteiger partial charge in [-0.25, -0.2) is 4.39 Å². The van der Waals surface area contributed by atoms with Crippen LogP contribution < -0.4 is 4.74 Å². The molecule has 0 aliphatic carbocycles. The average molecular weight is 346 g/mol. The van der Waals surface area contributed by atoms with Crippen LogP contribution in [0.4, 0.5) is 17.6 Å². The number of fused-ring (bicyclic) bond motifs is 1. The number of aromatic nitrogens is 3. The SMILES string of the molecule is COc1ccc(-c2nnc3c(Cl)cc(C(F)(F)F)cn23)cc1F. The molecule has 0 bridgehead atoms. The molecule has 3 aromatic rings. The Balaban J connectivity index is 2.22. The Kier molecular flexibility index (Phi) is 3.63. The molecule has 9 heteroatoms. The monoisotopic (exact) mass is 345 g/mol. The van der Waals surface area contributed by atoms with Gasteiger partial charge in [-0.3, -0.25) is 4.40 Å². The summed E-state index contributed by atoms with van der Waals surface area (Å²) in [6, 6.07) is 4.68. The molecule has 0 saturated heterocycles. The molecule has 0 N–H and O–H groups in total. The zero-order valence-corrected chi connectivity index (χ0v) is 12.3. The number of benzene rings is 1. The van der Waals surface area contributed by atoms with Gasteiger partial charge in [0.2, 0.25) is 0 Å². The smallest absolute Gasteiger partial charge is 0.417 e. The summed E-state index contributed by atoms with van der Waals surface area (Å²) >= 11 is 5.83. The van der Waals surface area contributed by atoms with E-state index in [0.717, 1.165) is 22.7 Å². The maximum Gasteiger partial charge on any atom is 0.417 e. The number of hydrogen-bond acceptors (Lipinski definition) is 3. The summed E-state index contributed by atoms with van der Waals surface area (Å²) in [5, 5.41) is 7.35. The molecule has 3 rings (SSSR count). The molecule has 0 amide bonds. The van der Waals surface area contributed by atoms with Gasteiger partial charge < -0.3 is 4.74 Å². The molecule has 0 aliphatic heterocycles. The Morgan fingerprint density at radius 1 is 1.17 bits per heavy atom. The molecule has 0 unspecified atom stereocenters. The molecular formula is C14H8ClF4N3O. The molecule has 2 heterocycles. The van der Waals surface area contributed by atoms with E-state index in [-0.39, 0.29) is 27.8 Å². The maximum atomic E-state index is 13.8. The van der Waals surface area contributed by atoms with E-state index < -0.39 is 17.6 Å². The summed E-state index contributed by atoms with van der Waals surface area (Å²) < 4.78 is 58.4. The van der Waals surface area contributed by atoms with Gasteiger partial charge in [0, 0.05) is 11.8 Å². The third-order valence-corrected chi connectivity index (χ3v) is 3.48. The van der Waals surface area contributed by atoms with E-state index in [2.05, 4.69) is 10.2 Å². The van der Waals surface area contributed by atoms with E-state index in [1.165, 1.54) is 19.2 Å². The van der Waals surface area contributed by atoms with E-state index >= 15 is 0 Å². The van der Waals surface area contributed by atoms with Crippen molar-refractivity contribution in [1.29, 1.82) is 0 Å². The number of alkyl halides is 3. The van der Waals surface area contributed by atoms with Crippen molar-refractivity contribution < 1.29 is 22.3 Å². The van der Waals surface area contributed by atoms with Crippen LogP contribution in [-0.4, -0.2) is 21.7 Å². The van der Waals surface area contributed by atoms with E-state index in [0.29, 0.717) is 0 Å². The Morgan fingerprint density at radius 3 is 2.52 bits per heavy atom. The lowest BCUT2D eigenvalue weighted by Gasteiger charge is -2.09. The van der Waals surface area contributed by atoms with Gasteiger partial charge in [0.05, 0.1) is 17.7 Å². The van der Waals surface area contributed by atoms with Crippen LogP contribution in [0.2, 0.25) is 5.02 Å². The molecule has 1 aromatic carbocycles. The van der Waals surface area contributed by atoms with E-state index in [1.54, 1.807) is 0 Å². The first kappa shape index (κ1) is 15.5. The summed E-state index contributed by atoms with van der Waals surface area (Å²) in [7, 11) is 1.31. The first-order chi connectivity index (χ1) is 10.8.